The van der Waals surface area contributed by atoms with Crippen LogP contribution in [-0.2, 0) is 12.1 Å². The Balaban J connectivity index is 1.46. The van der Waals surface area contributed by atoms with Crippen molar-refractivity contribution in [2.75, 3.05) is 6.54 Å². The minimum atomic E-state index is -2.91. The number of pyridine rings is 2. The van der Waals surface area contributed by atoms with Crippen LogP contribution in [0.4, 0.5) is 13.2 Å². The zero-order valence-electron chi connectivity index (χ0n) is 17.4. The number of alkyl halides is 2. The van der Waals surface area contributed by atoms with E-state index in [2.05, 4.69) is 20.2 Å². The van der Waals surface area contributed by atoms with Crippen LogP contribution < -0.4 is 0 Å². The van der Waals surface area contributed by atoms with Gasteiger partial charge < -0.3 is 14.4 Å². The number of aromatic nitrogens is 4. The molecule has 0 unspecified atom stereocenters. The van der Waals surface area contributed by atoms with Gasteiger partial charge in [0.15, 0.2) is 5.60 Å². The first kappa shape index (κ1) is 21.7. The fourth-order valence-corrected chi connectivity index (χ4v) is 3.86. The maximum absolute atomic E-state index is 13.5. The number of nitrogens with zero attached hydrogens (tertiary/aromatic N) is 5. The summed E-state index contributed by atoms with van der Waals surface area (Å²) in [6.07, 6.45) is -0.430. The first-order valence-corrected chi connectivity index (χ1v) is 10.2. The molecule has 34 heavy (non-hydrogen) atoms. The average molecular weight is 467 g/mol. The molecule has 0 aliphatic carbocycles. The number of rotatable bonds is 6. The SMILES string of the molecule is O=C1c2cc(-c3nnc(C(F)F)o3)ccc2CN1C[C@@](O)(c1ccccn1)c1ccc(F)cn1. The zero-order valence-corrected chi connectivity index (χ0v) is 17.4. The molecule has 4 heterocycles. The Kier molecular flexibility index (Phi) is 5.33. The van der Waals surface area contributed by atoms with Crippen molar-refractivity contribution in [2.45, 2.75) is 18.6 Å². The molecule has 1 aliphatic rings. The van der Waals surface area contributed by atoms with Crippen molar-refractivity contribution in [2.24, 2.45) is 0 Å². The lowest BCUT2D eigenvalue weighted by molar-refractivity contribution is 0.0256. The molecule has 0 saturated carbocycles. The molecule has 1 aromatic carbocycles. The van der Waals surface area contributed by atoms with Crippen molar-refractivity contribution >= 4 is 5.91 Å². The van der Waals surface area contributed by atoms with Gasteiger partial charge in [0, 0.05) is 23.9 Å². The molecular weight excluding hydrogens is 451 g/mol. The van der Waals surface area contributed by atoms with E-state index in [1.807, 2.05) is 0 Å². The predicted octanol–water partition coefficient (Wildman–Crippen LogP) is 3.50. The van der Waals surface area contributed by atoms with Crippen LogP contribution in [0.2, 0.25) is 0 Å². The van der Waals surface area contributed by atoms with E-state index in [-0.39, 0.29) is 30.4 Å². The molecule has 0 saturated heterocycles. The number of hydrogen-bond acceptors (Lipinski definition) is 7. The molecule has 0 fully saturated rings. The first-order valence-electron chi connectivity index (χ1n) is 10.2. The number of benzene rings is 1. The summed E-state index contributed by atoms with van der Waals surface area (Å²) in [4.78, 5) is 22.9. The van der Waals surface area contributed by atoms with Gasteiger partial charge in [-0.3, -0.25) is 14.8 Å². The van der Waals surface area contributed by atoms with Gasteiger partial charge in [-0.2, -0.15) is 8.78 Å². The van der Waals surface area contributed by atoms with Crippen LogP contribution in [0.5, 0.6) is 0 Å². The number of amides is 1. The lowest BCUT2D eigenvalue weighted by atomic mass is 9.93. The van der Waals surface area contributed by atoms with Crippen molar-refractivity contribution in [3.05, 3.63) is 95.1 Å². The summed E-state index contributed by atoms with van der Waals surface area (Å²) in [5, 5.41) is 18.6. The quantitative estimate of drug-likeness (QED) is 0.463. The normalized spacial score (nSPS) is 15.0. The van der Waals surface area contributed by atoms with E-state index in [0.717, 1.165) is 6.20 Å². The van der Waals surface area contributed by atoms with Gasteiger partial charge in [0.05, 0.1) is 24.1 Å². The number of β-amino-alcohol motifs (C(OH)–C–C–N with tert-alkyl or cyclic N) is 1. The Hall–Kier alpha value is -4.12. The molecule has 0 spiro atoms. The van der Waals surface area contributed by atoms with Crippen molar-refractivity contribution in [3.63, 3.8) is 0 Å². The smallest absolute Gasteiger partial charge is 0.314 e. The maximum Gasteiger partial charge on any atom is 0.314 e. The van der Waals surface area contributed by atoms with Gasteiger partial charge in [0.2, 0.25) is 5.89 Å². The molecule has 0 bridgehead atoms. The van der Waals surface area contributed by atoms with Crippen LogP contribution in [0, 0.1) is 5.82 Å². The van der Waals surface area contributed by atoms with Gasteiger partial charge in [0.1, 0.15) is 5.82 Å². The Labute approximate surface area is 190 Å². The molecule has 172 valence electrons. The second kappa shape index (κ2) is 8.34. The van der Waals surface area contributed by atoms with Gasteiger partial charge in [-0.05, 0) is 42.0 Å². The fraction of sp³-hybridized carbons (Fsp3) is 0.174. The molecular formula is C23H16F3N5O3. The fourth-order valence-electron chi connectivity index (χ4n) is 3.86. The molecule has 1 aliphatic heterocycles. The number of carbonyl (C=O) groups is 1. The molecule has 5 rings (SSSR count). The van der Waals surface area contributed by atoms with E-state index < -0.39 is 29.6 Å². The summed E-state index contributed by atoms with van der Waals surface area (Å²) in [7, 11) is 0. The van der Waals surface area contributed by atoms with Gasteiger partial charge in [0.25, 0.3) is 11.8 Å². The Morgan fingerprint density at radius 3 is 2.59 bits per heavy atom. The Morgan fingerprint density at radius 2 is 1.91 bits per heavy atom. The van der Waals surface area contributed by atoms with E-state index in [9.17, 15) is 23.1 Å². The highest BCUT2D eigenvalue weighted by Crippen LogP contribution is 2.34. The summed E-state index contributed by atoms with van der Waals surface area (Å²) in [5.74, 6) is -1.91. The van der Waals surface area contributed by atoms with Gasteiger partial charge >= 0.3 is 6.43 Å². The average Bonchev–Trinajstić information content (AvgIpc) is 3.45. The first-order chi connectivity index (χ1) is 16.3. The summed E-state index contributed by atoms with van der Waals surface area (Å²) in [6, 6.07) is 12.2. The van der Waals surface area contributed by atoms with Crippen LogP contribution in [-0.4, -0.2) is 42.6 Å². The van der Waals surface area contributed by atoms with Crippen LogP contribution in [0.3, 0.4) is 0 Å². The standard InChI is InChI=1S/C23H16F3N5O3/c24-15-6-7-18(28-10-15)23(33,17-3-1-2-8-27-17)12-31-11-14-5-4-13(9-16(14)22(31)32)20-29-30-21(34-20)19(25)26/h1-10,19,33H,11-12H2/t23-/m1/s1. The van der Waals surface area contributed by atoms with E-state index in [0.29, 0.717) is 16.7 Å². The van der Waals surface area contributed by atoms with E-state index in [1.54, 1.807) is 30.3 Å². The van der Waals surface area contributed by atoms with Gasteiger partial charge in [-0.15, -0.1) is 10.2 Å². The lowest BCUT2D eigenvalue weighted by Crippen LogP contribution is -2.43. The molecule has 8 nitrogen and oxygen atoms in total. The second-order valence-corrected chi connectivity index (χ2v) is 7.72. The number of aliphatic hydroxyl groups is 1. The van der Waals surface area contributed by atoms with Gasteiger partial charge in [-0.25, -0.2) is 4.39 Å². The van der Waals surface area contributed by atoms with Crippen molar-refractivity contribution < 1.29 is 27.5 Å². The molecule has 11 heteroatoms. The third-order valence-electron chi connectivity index (χ3n) is 5.52. The number of carbonyl (C=O) groups excluding carboxylic acids is 1. The van der Waals surface area contributed by atoms with Gasteiger partial charge in [-0.1, -0.05) is 12.1 Å². The highest BCUT2D eigenvalue weighted by molar-refractivity contribution is 5.99. The van der Waals surface area contributed by atoms with Crippen LogP contribution in [0.25, 0.3) is 11.5 Å². The Morgan fingerprint density at radius 1 is 1.09 bits per heavy atom. The topological polar surface area (TPSA) is 105 Å². The van der Waals surface area contributed by atoms with E-state index >= 15 is 0 Å². The minimum Gasteiger partial charge on any atom is -0.415 e. The largest absolute Gasteiger partial charge is 0.415 e. The predicted molar refractivity (Wildman–Crippen MR) is 111 cm³/mol. The second-order valence-electron chi connectivity index (χ2n) is 7.72. The number of halogens is 3. The minimum absolute atomic E-state index is 0.127. The molecule has 1 N–H and O–H groups in total. The maximum atomic E-state index is 13.5. The Bertz CT molecular complexity index is 1350. The van der Waals surface area contributed by atoms with Crippen molar-refractivity contribution in [1.29, 1.82) is 0 Å². The highest BCUT2D eigenvalue weighted by Gasteiger charge is 2.40. The van der Waals surface area contributed by atoms with Crippen molar-refractivity contribution in [3.8, 4) is 11.5 Å². The van der Waals surface area contributed by atoms with Crippen LogP contribution in [0.1, 0.15) is 39.6 Å². The van der Waals surface area contributed by atoms with E-state index in [4.69, 9.17) is 4.42 Å². The molecule has 4 aromatic rings. The summed E-state index contributed by atoms with van der Waals surface area (Å²) >= 11 is 0. The number of fused-ring (bicyclic) bond motifs is 1. The summed E-state index contributed by atoms with van der Waals surface area (Å²) < 4.78 is 44.0. The van der Waals surface area contributed by atoms with E-state index in [1.165, 1.54) is 29.3 Å². The third kappa shape index (κ3) is 3.79. The summed E-state index contributed by atoms with van der Waals surface area (Å²) in [5.41, 5.74) is -0.156. The zero-order chi connectivity index (χ0) is 23.9. The monoisotopic (exact) mass is 467 g/mol. The third-order valence-corrected chi connectivity index (χ3v) is 5.52. The molecule has 1 amide bonds. The highest BCUT2D eigenvalue weighted by atomic mass is 19.3. The molecule has 3 aromatic heterocycles. The lowest BCUT2D eigenvalue weighted by Gasteiger charge is -2.31. The van der Waals surface area contributed by atoms with Crippen molar-refractivity contribution in [1.82, 2.24) is 25.1 Å². The molecule has 0 radical (unpaired) electrons. The van der Waals surface area contributed by atoms with Crippen LogP contribution in [0.15, 0.2) is 65.3 Å². The van der Waals surface area contributed by atoms with Crippen LogP contribution >= 0.6 is 0 Å². The summed E-state index contributed by atoms with van der Waals surface area (Å²) in [6.45, 7) is -0.0293. The molecule has 1 atom stereocenters. The number of hydrogen-bond donors (Lipinski definition) is 1.